The third kappa shape index (κ3) is 4.81. The Morgan fingerprint density at radius 3 is 2.34 bits per heavy atom. The van der Waals surface area contributed by atoms with Crippen LogP contribution in [0.1, 0.15) is 34.6 Å². The highest BCUT2D eigenvalue weighted by atomic mass is 35.5. The van der Waals surface area contributed by atoms with Gasteiger partial charge >= 0.3 is 0 Å². The number of aryl methyl sites for hydroxylation is 2. The Labute approximate surface area is 192 Å². The Bertz CT molecular complexity index is 1300. The lowest BCUT2D eigenvalue weighted by Crippen LogP contribution is -2.29. The minimum absolute atomic E-state index is 0.0636. The van der Waals surface area contributed by atoms with Crippen LogP contribution in [0.2, 0.25) is 5.02 Å². The van der Waals surface area contributed by atoms with Gasteiger partial charge in [-0.1, -0.05) is 23.7 Å². The summed E-state index contributed by atoms with van der Waals surface area (Å²) < 4.78 is 26.7. The molecule has 0 saturated carbocycles. The van der Waals surface area contributed by atoms with Gasteiger partial charge in [0.2, 0.25) is 5.91 Å². The highest BCUT2D eigenvalue weighted by molar-refractivity contribution is 7.92. The monoisotopic (exact) mass is 475 g/mol. The average molecular weight is 476 g/mol. The van der Waals surface area contributed by atoms with Crippen LogP contribution in [0.3, 0.4) is 0 Å². The van der Waals surface area contributed by atoms with E-state index in [4.69, 9.17) is 11.6 Å². The quantitative estimate of drug-likeness (QED) is 0.591. The van der Waals surface area contributed by atoms with E-state index in [1.54, 1.807) is 22.8 Å². The molecule has 1 N–H and O–H groups in total. The zero-order chi connectivity index (χ0) is 23.8. The van der Waals surface area contributed by atoms with Gasteiger partial charge in [-0.3, -0.25) is 9.59 Å². The molecule has 3 rings (SSSR count). The average Bonchev–Trinajstić information content (AvgIpc) is 3.04. The van der Waals surface area contributed by atoms with Gasteiger partial charge in [0.05, 0.1) is 21.5 Å². The van der Waals surface area contributed by atoms with E-state index < -0.39 is 21.5 Å². The number of hydrogen-bond donors (Lipinski definition) is 1. The van der Waals surface area contributed by atoms with E-state index in [2.05, 4.69) is 5.32 Å². The predicted molar refractivity (Wildman–Crippen MR) is 126 cm³/mol. The summed E-state index contributed by atoms with van der Waals surface area (Å²) in [6.07, 6.45) is 0. The number of amides is 2. The van der Waals surface area contributed by atoms with Crippen LogP contribution >= 0.6 is 11.6 Å². The van der Waals surface area contributed by atoms with Crippen molar-refractivity contribution in [3.05, 3.63) is 64.3 Å². The van der Waals surface area contributed by atoms with Crippen molar-refractivity contribution in [1.82, 2.24) is 14.8 Å². The van der Waals surface area contributed by atoms with Crippen molar-refractivity contribution in [2.75, 3.05) is 19.8 Å². The van der Waals surface area contributed by atoms with E-state index in [9.17, 15) is 18.0 Å². The van der Waals surface area contributed by atoms with Crippen LogP contribution in [0, 0.1) is 6.92 Å². The van der Waals surface area contributed by atoms with Crippen molar-refractivity contribution in [2.24, 2.45) is 7.05 Å². The van der Waals surface area contributed by atoms with Crippen molar-refractivity contribution in [3.63, 3.8) is 0 Å². The van der Waals surface area contributed by atoms with E-state index in [0.29, 0.717) is 10.7 Å². The van der Waals surface area contributed by atoms with Crippen LogP contribution in [0.4, 0.5) is 0 Å². The molecule has 1 heterocycles. The first kappa shape index (κ1) is 23.8. The summed E-state index contributed by atoms with van der Waals surface area (Å²) in [5, 5.41) is 4.34. The molecule has 32 heavy (non-hydrogen) atoms. The Morgan fingerprint density at radius 1 is 1.12 bits per heavy atom. The number of rotatable bonds is 6. The van der Waals surface area contributed by atoms with Crippen molar-refractivity contribution in [2.45, 2.75) is 24.8 Å². The molecule has 3 aromatic rings. The Hall–Kier alpha value is -2.84. The second-order valence-electron chi connectivity index (χ2n) is 8.08. The first-order valence-corrected chi connectivity index (χ1v) is 12.0. The molecule has 0 spiro atoms. The van der Waals surface area contributed by atoms with Crippen molar-refractivity contribution < 1.29 is 18.0 Å². The number of halogens is 1. The summed E-state index contributed by atoms with van der Waals surface area (Å²) in [6, 6.07) is 11.4. The third-order valence-corrected chi connectivity index (χ3v) is 7.32. The number of benzene rings is 2. The van der Waals surface area contributed by atoms with Crippen molar-refractivity contribution >= 4 is 44.2 Å². The summed E-state index contributed by atoms with van der Waals surface area (Å²) in [4.78, 5) is 26.0. The van der Waals surface area contributed by atoms with Gasteiger partial charge in [-0.05, 0) is 55.3 Å². The maximum atomic E-state index is 12.9. The number of sulfone groups is 1. The van der Waals surface area contributed by atoms with Crippen LogP contribution in [0.15, 0.2) is 47.4 Å². The minimum atomic E-state index is -3.74. The number of hydrogen-bond acceptors (Lipinski definition) is 4. The van der Waals surface area contributed by atoms with Gasteiger partial charge in [0.1, 0.15) is 11.4 Å². The summed E-state index contributed by atoms with van der Waals surface area (Å²) in [7, 11) is 1.10. The molecule has 1 aromatic heterocycles. The fourth-order valence-corrected chi connectivity index (χ4v) is 5.05. The molecule has 0 aliphatic rings. The highest BCUT2D eigenvalue weighted by Gasteiger charge is 2.22. The fraction of sp³-hybridized carbons (Fsp3) is 0.304. The number of fused-ring (bicyclic) bond motifs is 1. The molecule has 2 amide bonds. The first-order chi connectivity index (χ1) is 14.9. The lowest BCUT2D eigenvalue weighted by atomic mass is 10.1. The molecular formula is C23H26ClN3O4S. The minimum Gasteiger partial charge on any atom is -0.348 e. The number of carbonyl (C=O) groups is 2. The van der Waals surface area contributed by atoms with Gasteiger partial charge in [0.15, 0.2) is 9.84 Å². The van der Waals surface area contributed by atoms with Crippen LogP contribution in [0.25, 0.3) is 10.9 Å². The van der Waals surface area contributed by atoms with Crippen LogP contribution < -0.4 is 5.32 Å². The lowest BCUT2D eigenvalue weighted by Gasteiger charge is -2.16. The number of aromatic nitrogens is 1. The smallest absolute Gasteiger partial charge is 0.268 e. The van der Waals surface area contributed by atoms with Gasteiger partial charge < -0.3 is 14.8 Å². The van der Waals surface area contributed by atoms with Gasteiger partial charge in [0, 0.05) is 26.5 Å². The number of carbonyl (C=O) groups excluding carboxylic acids is 2. The molecule has 2 aromatic carbocycles. The SMILES string of the molecule is Cc1cc(Cl)c2cc(C(=O)NC(C)c3ccc(S(=O)(=O)CC(=O)N(C)C)cc3)n(C)c2c1. The summed E-state index contributed by atoms with van der Waals surface area (Å²) in [5.74, 6) is -1.34. The number of nitrogens with zero attached hydrogens (tertiary/aromatic N) is 2. The molecule has 0 fully saturated rings. The second kappa shape index (κ2) is 8.96. The molecule has 0 bridgehead atoms. The molecule has 0 aliphatic carbocycles. The molecule has 1 unspecified atom stereocenters. The molecular weight excluding hydrogens is 450 g/mol. The fourth-order valence-electron chi connectivity index (χ4n) is 3.43. The van der Waals surface area contributed by atoms with E-state index in [0.717, 1.165) is 22.0 Å². The van der Waals surface area contributed by atoms with Crippen LogP contribution in [-0.4, -0.2) is 49.5 Å². The van der Waals surface area contributed by atoms with Gasteiger partial charge in [-0.15, -0.1) is 0 Å². The lowest BCUT2D eigenvalue weighted by molar-refractivity contribution is -0.125. The molecule has 7 nitrogen and oxygen atoms in total. The molecule has 0 aliphatic heterocycles. The Kier molecular flexibility index (Phi) is 6.67. The van der Waals surface area contributed by atoms with E-state index in [-0.39, 0.29) is 16.8 Å². The second-order valence-corrected chi connectivity index (χ2v) is 10.5. The van der Waals surface area contributed by atoms with Crippen molar-refractivity contribution in [1.29, 1.82) is 0 Å². The molecule has 170 valence electrons. The van der Waals surface area contributed by atoms with E-state index in [1.165, 1.54) is 31.1 Å². The van der Waals surface area contributed by atoms with Crippen LogP contribution in [-0.2, 0) is 21.7 Å². The number of nitrogens with one attached hydrogen (secondary N) is 1. The zero-order valence-electron chi connectivity index (χ0n) is 18.6. The van der Waals surface area contributed by atoms with E-state index >= 15 is 0 Å². The van der Waals surface area contributed by atoms with Gasteiger partial charge in [-0.2, -0.15) is 0 Å². The zero-order valence-corrected chi connectivity index (χ0v) is 20.2. The van der Waals surface area contributed by atoms with Crippen molar-refractivity contribution in [3.8, 4) is 0 Å². The maximum absolute atomic E-state index is 12.9. The van der Waals surface area contributed by atoms with Gasteiger partial charge in [0.25, 0.3) is 5.91 Å². The van der Waals surface area contributed by atoms with Gasteiger partial charge in [-0.25, -0.2) is 8.42 Å². The third-order valence-electron chi connectivity index (χ3n) is 5.39. The summed E-state index contributed by atoms with van der Waals surface area (Å²) >= 11 is 6.34. The molecule has 9 heteroatoms. The summed E-state index contributed by atoms with van der Waals surface area (Å²) in [5.41, 5.74) is 3.09. The van der Waals surface area contributed by atoms with E-state index in [1.807, 2.05) is 33.0 Å². The molecule has 1 atom stereocenters. The van der Waals surface area contributed by atoms with Crippen LogP contribution in [0.5, 0.6) is 0 Å². The maximum Gasteiger partial charge on any atom is 0.268 e. The predicted octanol–water partition coefficient (Wildman–Crippen LogP) is 3.49. The molecule has 0 saturated heterocycles. The first-order valence-electron chi connectivity index (χ1n) is 10.00. The largest absolute Gasteiger partial charge is 0.348 e. The Morgan fingerprint density at radius 2 is 1.75 bits per heavy atom. The topological polar surface area (TPSA) is 88.5 Å². The Balaban J connectivity index is 1.78. The highest BCUT2D eigenvalue weighted by Crippen LogP contribution is 2.28. The standard InChI is InChI=1S/C23H26ClN3O4S/c1-14-10-19(24)18-12-21(27(5)20(18)11-14)23(29)25-15(2)16-6-8-17(9-7-16)32(30,31)13-22(28)26(3)4/h6-12,15H,13H2,1-5H3,(H,25,29). The molecule has 0 radical (unpaired) electrons. The normalized spacial score (nSPS) is 12.6. The summed E-state index contributed by atoms with van der Waals surface area (Å²) in [6.45, 7) is 3.76.